The minimum atomic E-state index is -0.660. The van der Waals surface area contributed by atoms with Gasteiger partial charge in [0.2, 0.25) is 0 Å². The molecule has 1 N–H and O–H groups in total. The van der Waals surface area contributed by atoms with Crippen LogP contribution in [-0.2, 0) is 9.53 Å². The molecule has 0 saturated heterocycles. The summed E-state index contributed by atoms with van der Waals surface area (Å²) in [6, 6.07) is 22.6. The highest BCUT2D eigenvalue weighted by molar-refractivity contribution is 7.99. The Kier molecular flexibility index (Phi) is 7.20. The van der Waals surface area contributed by atoms with Crippen molar-refractivity contribution in [1.82, 2.24) is 0 Å². The van der Waals surface area contributed by atoms with E-state index in [1.165, 1.54) is 18.7 Å². The third kappa shape index (κ3) is 5.59. The summed E-state index contributed by atoms with van der Waals surface area (Å²) in [5.74, 6) is -1.40. The first kappa shape index (κ1) is 21.8. The van der Waals surface area contributed by atoms with Crippen molar-refractivity contribution in [2.24, 2.45) is 0 Å². The van der Waals surface area contributed by atoms with Crippen LogP contribution in [0.15, 0.2) is 82.6 Å². The molecule has 31 heavy (non-hydrogen) atoms. The zero-order valence-corrected chi connectivity index (χ0v) is 17.4. The van der Waals surface area contributed by atoms with Gasteiger partial charge in [0.1, 0.15) is 6.07 Å². The molecule has 0 unspecified atom stereocenters. The van der Waals surface area contributed by atoms with E-state index in [9.17, 15) is 19.6 Å². The van der Waals surface area contributed by atoms with E-state index in [-0.39, 0.29) is 11.3 Å². The van der Waals surface area contributed by atoms with Gasteiger partial charge in [0, 0.05) is 15.4 Å². The van der Waals surface area contributed by atoms with Crippen molar-refractivity contribution in [3.05, 3.63) is 89.5 Å². The summed E-state index contributed by atoms with van der Waals surface area (Å²) in [4.78, 5) is 37.8. The molecule has 0 fully saturated rings. The molecule has 0 atom stereocenters. The van der Waals surface area contributed by atoms with Gasteiger partial charge in [0.15, 0.2) is 12.4 Å². The van der Waals surface area contributed by atoms with Gasteiger partial charge in [0.25, 0.3) is 5.91 Å². The molecule has 0 bridgehead atoms. The van der Waals surface area contributed by atoms with Crippen molar-refractivity contribution in [1.29, 1.82) is 5.26 Å². The molecular formula is C24H18N2O4S. The number of hydrogen-bond acceptors (Lipinski definition) is 6. The van der Waals surface area contributed by atoms with E-state index in [0.717, 1.165) is 0 Å². The summed E-state index contributed by atoms with van der Waals surface area (Å²) >= 11 is 1.27. The lowest BCUT2D eigenvalue weighted by Gasteiger charge is -2.11. The maximum Gasteiger partial charge on any atom is 0.339 e. The highest BCUT2D eigenvalue weighted by Gasteiger charge is 2.17. The molecule has 3 aromatic rings. The number of ketones is 1. The number of carbonyl (C=O) groups is 3. The van der Waals surface area contributed by atoms with Crippen LogP contribution < -0.4 is 5.32 Å². The van der Waals surface area contributed by atoms with Gasteiger partial charge in [-0.15, -0.1) is 0 Å². The molecule has 0 radical (unpaired) electrons. The second-order valence-electron chi connectivity index (χ2n) is 6.43. The Bertz CT molecular complexity index is 1180. The average molecular weight is 430 g/mol. The van der Waals surface area contributed by atoms with E-state index in [2.05, 4.69) is 11.4 Å². The molecule has 7 heteroatoms. The molecule has 3 rings (SSSR count). The van der Waals surface area contributed by atoms with Gasteiger partial charge in [-0.25, -0.2) is 4.79 Å². The molecule has 0 aliphatic carbocycles. The zero-order valence-electron chi connectivity index (χ0n) is 16.6. The number of anilines is 1. The summed E-state index contributed by atoms with van der Waals surface area (Å²) in [5, 5.41) is 11.9. The van der Waals surface area contributed by atoms with Gasteiger partial charge in [0.05, 0.1) is 16.8 Å². The smallest absolute Gasteiger partial charge is 0.339 e. The zero-order chi connectivity index (χ0) is 22.2. The number of nitrogens with one attached hydrogen (secondary N) is 1. The first-order valence-corrected chi connectivity index (χ1v) is 10.1. The van der Waals surface area contributed by atoms with Gasteiger partial charge < -0.3 is 10.1 Å². The standard InChI is InChI=1S/C24H18N2O4S/c1-16(27)18-9-3-5-11-20(18)26-23(28)15-30-24(29)19-10-4-7-13-22(19)31-21-12-6-2-8-17(21)14-25/h2-13H,15H2,1H3,(H,26,28). The van der Waals surface area contributed by atoms with Crippen LogP contribution in [0, 0.1) is 11.3 Å². The van der Waals surface area contributed by atoms with Crippen molar-refractivity contribution >= 4 is 35.1 Å². The number of para-hydroxylation sites is 1. The predicted molar refractivity (Wildman–Crippen MR) is 117 cm³/mol. The van der Waals surface area contributed by atoms with Crippen molar-refractivity contribution in [3.8, 4) is 6.07 Å². The normalized spacial score (nSPS) is 10.1. The van der Waals surface area contributed by atoms with Crippen molar-refractivity contribution < 1.29 is 19.1 Å². The first-order chi connectivity index (χ1) is 15.0. The number of carbonyl (C=O) groups excluding carboxylic acids is 3. The molecule has 0 aromatic heterocycles. The second kappa shape index (κ2) is 10.2. The van der Waals surface area contributed by atoms with Gasteiger partial charge in [-0.2, -0.15) is 5.26 Å². The second-order valence-corrected chi connectivity index (χ2v) is 7.52. The largest absolute Gasteiger partial charge is 0.452 e. The highest BCUT2D eigenvalue weighted by atomic mass is 32.2. The van der Waals surface area contributed by atoms with Crippen molar-refractivity contribution in [3.63, 3.8) is 0 Å². The molecule has 0 saturated carbocycles. The average Bonchev–Trinajstić information content (AvgIpc) is 2.78. The highest BCUT2D eigenvalue weighted by Crippen LogP contribution is 2.32. The van der Waals surface area contributed by atoms with E-state index in [1.54, 1.807) is 66.7 Å². The number of benzene rings is 3. The fraction of sp³-hybridized carbons (Fsp3) is 0.0833. The van der Waals surface area contributed by atoms with Crippen LogP contribution in [-0.4, -0.2) is 24.3 Å². The molecule has 0 aliphatic heterocycles. The molecule has 154 valence electrons. The molecular weight excluding hydrogens is 412 g/mol. The van der Waals surface area contributed by atoms with Crippen LogP contribution in [0.5, 0.6) is 0 Å². The lowest BCUT2D eigenvalue weighted by Crippen LogP contribution is -2.22. The summed E-state index contributed by atoms with van der Waals surface area (Å²) in [6.45, 7) is 0.906. The third-order valence-electron chi connectivity index (χ3n) is 4.25. The molecule has 1 amide bonds. The molecule has 0 aliphatic rings. The molecule has 6 nitrogen and oxygen atoms in total. The maximum absolute atomic E-state index is 12.6. The summed E-state index contributed by atoms with van der Waals surface area (Å²) in [7, 11) is 0. The van der Waals surface area contributed by atoms with Crippen LogP contribution >= 0.6 is 11.8 Å². The Morgan fingerprint density at radius 2 is 1.52 bits per heavy atom. The van der Waals surface area contributed by atoms with Crippen LogP contribution in [0.25, 0.3) is 0 Å². The van der Waals surface area contributed by atoms with Crippen molar-refractivity contribution in [2.75, 3.05) is 11.9 Å². The lowest BCUT2D eigenvalue weighted by molar-refractivity contribution is -0.119. The minimum Gasteiger partial charge on any atom is -0.452 e. The maximum atomic E-state index is 12.6. The van der Waals surface area contributed by atoms with E-state index >= 15 is 0 Å². The molecule has 3 aromatic carbocycles. The fourth-order valence-corrected chi connectivity index (χ4v) is 3.80. The summed E-state index contributed by atoms with van der Waals surface area (Å²) in [5.41, 5.74) is 1.52. The number of ether oxygens (including phenoxy) is 1. The van der Waals surface area contributed by atoms with Crippen LogP contribution in [0.3, 0.4) is 0 Å². The monoisotopic (exact) mass is 430 g/mol. The van der Waals surface area contributed by atoms with Gasteiger partial charge in [-0.05, 0) is 43.3 Å². The van der Waals surface area contributed by atoms with E-state index in [0.29, 0.717) is 26.6 Å². The number of Topliss-reactive ketones (excluding diaryl/α,β-unsaturated/α-hetero) is 1. The van der Waals surface area contributed by atoms with Gasteiger partial charge >= 0.3 is 5.97 Å². The fourth-order valence-electron chi connectivity index (χ4n) is 2.79. The number of nitriles is 1. The van der Waals surface area contributed by atoms with E-state index in [1.807, 2.05) is 6.07 Å². The number of rotatable bonds is 7. The number of esters is 1. The predicted octanol–water partition coefficient (Wildman–Crippen LogP) is 4.71. The lowest BCUT2D eigenvalue weighted by atomic mass is 10.1. The Hall–Kier alpha value is -3.89. The summed E-state index contributed by atoms with van der Waals surface area (Å²) < 4.78 is 5.18. The van der Waals surface area contributed by atoms with Crippen molar-refractivity contribution in [2.45, 2.75) is 16.7 Å². The topological polar surface area (TPSA) is 96.3 Å². The number of amides is 1. The minimum absolute atomic E-state index is 0.184. The third-order valence-corrected chi connectivity index (χ3v) is 5.40. The van der Waals surface area contributed by atoms with Crippen LogP contribution in [0.4, 0.5) is 5.69 Å². The van der Waals surface area contributed by atoms with Gasteiger partial charge in [-0.3, -0.25) is 9.59 Å². The van der Waals surface area contributed by atoms with E-state index < -0.39 is 18.5 Å². The quantitative estimate of drug-likeness (QED) is 0.431. The Balaban J connectivity index is 1.69. The number of hydrogen-bond donors (Lipinski definition) is 1. The Morgan fingerprint density at radius 1 is 0.903 bits per heavy atom. The van der Waals surface area contributed by atoms with Gasteiger partial charge in [-0.1, -0.05) is 48.2 Å². The first-order valence-electron chi connectivity index (χ1n) is 9.32. The number of nitrogens with zero attached hydrogens (tertiary/aromatic N) is 1. The van der Waals surface area contributed by atoms with E-state index in [4.69, 9.17) is 4.74 Å². The molecule has 0 heterocycles. The summed E-state index contributed by atoms with van der Waals surface area (Å²) in [6.07, 6.45) is 0. The Labute approximate surface area is 183 Å². The Morgan fingerprint density at radius 3 is 2.23 bits per heavy atom. The SMILES string of the molecule is CC(=O)c1ccccc1NC(=O)COC(=O)c1ccccc1Sc1ccccc1C#N. The molecule has 0 spiro atoms. The van der Waals surface area contributed by atoms with Crippen LogP contribution in [0.2, 0.25) is 0 Å². The van der Waals surface area contributed by atoms with Crippen LogP contribution in [0.1, 0.15) is 33.2 Å².